The molecule has 1 fully saturated rings. The van der Waals surface area contributed by atoms with Gasteiger partial charge < -0.3 is 0 Å². The Bertz CT molecular complexity index is 712. The Labute approximate surface area is 124 Å². The van der Waals surface area contributed by atoms with E-state index in [1.54, 1.807) is 12.1 Å². The van der Waals surface area contributed by atoms with Gasteiger partial charge in [0.05, 0.1) is 11.7 Å². The maximum atomic E-state index is 12.8. The monoisotopic (exact) mass is 306 g/mol. The fourth-order valence-electron chi connectivity index (χ4n) is 2.72. The smallest absolute Gasteiger partial charge is 0.261 e. The van der Waals surface area contributed by atoms with Gasteiger partial charge in [-0.3, -0.25) is 5.10 Å². The second-order valence-corrected chi connectivity index (χ2v) is 7.11. The van der Waals surface area contributed by atoms with Gasteiger partial charge in [0.2, 0.25) is 0 Å². The van der Waals surface area contributed by atoms with Crippen LogP contribution in [-0.2, 0) is 10.0 Å². The number of sulfonamides is 1. The SMILES string of the molecule is Cc1cc(C2CCCCN2S(=O)(=O)c2ccccn2)n[nH]1. The predicted octanol–water partition coefficient (Wildman–Crippen LogP) is 2.03. The highest BCUT2D eigenvalue weighted by Gasteiger charge is 2.36. The lowest BCUT2D eigenvalue weighted by Crippen LogP contribution is -2.39. The summed E-state index contributed by atoms with van der Waals surface area (Å²) in [6.45, 7) is 2.42. The van der Waals surface area contributed by atoms with E-state index in [-0.39, 0.29) is 11.1 Å². The van der Waals surface area contributed by atoms with Crippen molar-refractivity contribution in [1.82, 2.24) is 19.5 Å². The van der Waals surface area contributed by atoms with Crippen LogP contribution >= 0.6 is 0 Å². The third-order valence-corrected chi connectivity index (χ3v) is 5.56. The van der Waals surface area contributed by atoms with E-state index in [0.29, 0.717) is 6.54 Å². The van der Waals surface area contributed by atoms with E-state index < -0.39 is 10.0 Å². The summed E-state index contributed by atoms with van der Waals surface area (Å²) >= 11 is 0. The number of hydrogen-bond donors (Lipinski definition) is 1. The van der Waals surface area contributed by atoms with Crippen molar-refractivity contribution in [3.8, 4) is 0 Å². The molecule has 21 heavy (non-hydrogen) atoms. The Morgan fingerprint density at radius 2 is 2.19 bits per heavy atom. The maximum absolute atomic E-state index is 12.8. The molecule has 7 heteroatoms. The average molecular weight is 306 g/mol. The fraction of sp³-hybridized carbons (Fsp3) is 0.429. The number of aromatic amines is 1. The van der Waals surface area contributed by atoms with Crippen LogP contribution in [0.25, 0.3) is 0 Å². The Morgan fingerprint density at radius 3 is 2.86 bits per heavy atom. The number of pyridine rings is 1. The summed E-state index contributed by atoms with van der Waals surface area (Å²) in [6, 6.07) is 6.64. The third-order valence-electron chi connectivity index (χ3n) is 3.73. The number of piperidine rings is 1. The lowest BCUT2D eigenvalue weighted by atomic mass is 10.0. The lowest BCUT2D eigenvalue weighted by Gasteiger charge is -2.33. The van der Waals surface area contributed by atoms with Crippen molar-refractivity contribution >= 4 is 10.0 Å². The molecule has 0 amide bonds. The topological polar surface area (TPSA) is 79.0 Å². The van der Waals surface area contributed by atoms with Gasteiger partial charge in [-0.2, -0.15) is 9.40 Å². The molecule has 1 N–H and O–H groups in total. The number of H-pyrrole nitrogens is 1. The normalized spacial score (nSPS) is 20.5. The minimum absolute atomic E-state index is 0.101. The van der Waals surface area contributed by atoms with Crippen molar-refractivity contribution in [3.05, 3.63) is 41.9 Å². The zero-order chi connectivity index (χ0) is 14.9. The molecular weight excluding hydrogens is 288 g/mol. The quantitative estimate of drug-likeness (QED) is 0.941. The first-order chi connectivity index (χ1) is 10.1. The van der Waals surface area contributed by atoms with E-state index in [2.05, 4.69) is 15.2 Å². The molecule has 2 aromatic heterocycles. The molecule has 2 aromatic rings. The Hall–Kier alpha value is -1.73. The van der Waals surface area contributed by atoms with Crippen LogP contribution in [0.1, 0.15) is 36.7 Å². The second kappa shape index (κ2) is 5.57. The standard InChI is InChI=1S/C14H18N4O2S/c1-11-10-12(17-16-11)13-6-3-5-9-18(13)21(19,20)14-7-2-4-8-15-14/h2,4,7-8,10,13H,3,5-6,9H2,1H3,(H,16,17). The van der Waals surface area contributed by atoms with E-state index in [1.807, 2.05) is 13.0 Å². The lowest BCUT2D eigenvalue weighted by molar-refractivity contribution is 0.250. The number of hydrogen-bond acceptors (Lipinski definition) is 4. The van der Waals surface area contributed by atoms with E-state index in [4.69, 9.17) is 0 Å². The van der Waals surface area contributed by atoms with Crippen molar-refractivity contribution in [1.29, 1.82) is 0 Å². The Balaban J connectivity index is 1.98. The fourth-order valence-corrected chi connectivity index (χ4v) is 4.32. The summed E-state index contributed by atoms with van der Waals surface area (Å²) in [6.07, 6.45) is 4.16. The number of nitrogens with zero attached hydrogens (tertiary/aromatic N) is 3. The van der Waals surface area contributed by atoms with Crippen LogP contribution in [0.3, 0.4) is 0 Å². The highest BCUT2D eigenvalue weighted by Crippen LogP contribution is 2.34. The molecule has 1 aliphatic rings. The molecule has 1 unspecified atom stereocenters. The average Bonchev–Trinajstić information content (AvgIpc) is 2.95. The van der Waals surface area contributed by atoms with Crippen LogP contribution in [0.5, 0.6) is 0 Å². The van der Waals surface area contributed by atoms with Gasteiger partial charge in [0.15, 0.2) is 5.03 Å². The van der Waals surface area contributed by atoms with Gasteiger partial charge in [-0.25, -0.2) is 13.4 Å². The molecular formula is C14H18N4O2S. The highest BCUT2D eigenvalue weighted by molar-refractivity contribution is 7.89. The van der Waals surface area contributed by atoms with Crippen LogP contribution < -0.4 is 0 Å². The molecule has 3 rings (SSSR count). The van der Waals surface area contributed by atoms with E-state index in [0.717, 1.165) is 30.7 Å². The summed E-state index contributed by atoms with van der Waals surface area (Å²) in [5.74, 6) is 0. The van der Waals surface area contributed by atoms with Crippen LogP contribution in [0.15, 0.2) is 35.5 Å². The van der Waals surface area contributed by atoms with E-state index in [1.165, 1.54) is 16.6 Å². The van der Waals surface area contributed by atoms with E-state index in [9.17, 15) is 8.42 Å². The largest absolute Gasteiger partial charge is 0.283 e. The van der Waals surface area contributed by atoms with Gasteiger partial charge in [-0.1, -0.05) is 12.5 Å². The summed E-state index contributed by atoms with van der Waals surface area (Å²) in [7, 11) is -3.58. The van der Waals surface area contributed by atoms with Gasteiger partial charge in [-0.05, 0) is 38.0 Å². The highest BCUT2D eigenvalue weighted by atomic mass is 32.2. The number of nitrogens with one attached hydrogen (secondary N) is 1. The van der Waals surface area contributed by atoms with E-state index >= 15 is 0 Å². The molecule has 0 bridgehead atoms. The molecule has 6 nitrogen and oxygen atoms in total. The van der Waals surface area contributed by atoms with Gasteiger partial charge >= 0.3 is 0 Å². The summed E-state index contributed by atoms with van der Waals surface area (Å²) in [5, 5.41) is 7.24. The van der Waals surface area contributed by atoms with Crippen LogP contribution in [0, 0.1) is 6.92 Å². The molecule has 0 aliphatic carbocycles. The summed E-state index contributed by atoms with van der Waals surface area (Å²) in [4.78, 5) is 4.00. The Morgan fingerprint density at radius 1 is 1.33 bits per heavy atom. The molecule has 0 radical (unpaired) electrons. The second-order valence-electron chi connectivity index (χ2n) is 5.27. The summed E-state index contributed by atoms with van der Waals surface area (Å²) in [5.41, 5.74) is 1.72. The van der Waals surface area contributed by atoms with Crippen molar-refractivity contribution < 1.29 is 8.42 Å². The van der Waals surface area contributed by atoms with Crippen molar-refractivity contribution in [2.24, 2.45) is 0 Å². The number of aromatic nitrogens is 3. The summed E-state index contributed by atoms with van der Waals surface area (Å²) < 4.78 is 27.1. The first kappa shape index (κ1) is 14.2. The minimum Gasteiger partial charge on any atom is -0.283 e. The van der Waals surface area contributed by atoms with Crippen molar-refractivity contribution in [3.63, 3.8) is 0 Å². The molecule has 1 atom stereocenters. The third kappa shape index (κ3) is 2.71. The van der Waals surface area contributed by atoms with Gasteiger partial charge in [0.1, 0.15) is 0 Å². The van der Waals surface area contributed by atoms with Gasteiger partial charge in [0, 0.05) is 18.4 Å². The first-order valence-corrected chi connectivity index (χ1v) is 8.48. The Kier molecular flexibility index (Phi) is 3.77. The van der Waals surface area contributed by atoms with Crippen LogP contribution in [0.4, 0.5) is 0 Å². The zero-order valence-electron chi connectivity index (χ0n) is 11.9. The maximum Gasteiger partial charge on any atom is 0.261 e. The molecule has 1 saturated heterocycles. The molecule has 0 spiro atoms. The number of rotatable bonds is 3. The zero-order valence-corrected chi connectivity index (χ0v) is 12.7. The van der Waals surface area contributed by atoms with Crippen LogP contribution in [-0.4, -0.2) is 34.4 Å². The predicted molar refractivity (Wildman–Crippen MR) is 78.0 cm³/mol. The van der Waals surface area contributed by atoms with Crippen molar-refractivity contribution in [2.75, 3.05) is 6.54 Å². The minimum atomic E-state index is -3.58. The first-order valence-electron chi connectivity index (χ1n) is 7.04. The molecule has 3 heterocycles. The molecule has 0 saturated carbocycles. The van der Waals surface area contributed by atoms with Gasteiger partial charge in [0.25, 0.3) is 10.0 Å². The number of aryl methyl sites for hydroxylation is 1. The van der Waals surface area contributed by atoms with Gasteiger partial charge in [-0.15, -0.1) is 0 Å². The van der Waals surface area contributed by atoms with Crippen molar-refractivity contribution in [2.45, 2.75) is 37.3 Å². The van der Waals surface area contributed by atoms with Crippen LogP contribution in [0.2, 0.25) is 0 Å². The molecule has 1 aliphatic heterocycles. The molecule has 0 aromatic carbocycles. The molecule has 112 valence electrons.